The van der Waals surface area contributed by atoms with Gasteiger partial charge in [-0.15, -0.1) is 0 Å². The minimum atomic E-state index is 0.328. The van der Waals surface area contributed by atoms with E-state index in [4.69, 9.17) is 5.73 Å². The number of aromatic nitrogens is 1. The number of nitrogens with two attached hydrogens (primary N) is 1. The van der Waals surface area contributed by atoms with Crippen LogP contribution in [0.4, 0.5) is 11.5 Å². The molecule has 2 heterocycles. The molecule has 0 radical (unpaired) electrons. The third-order valence-corrected chi connectivity index (χ3v) is 3.83. The van der Waals surface area contributed by atoms with E-state index in [0.29, 0.717) is 11.4 Å². The molecule has 0 atom stereocenters. The van der Waals surface area contributed by atoms with Crippen molar-refractivity contribution in [1.29, 1.82) is 5.26 Å². The van der Waals surface area contributed by atoms with Gasteiger partial charge in [0, 0.05) is 25.0 Å². The molecule has 2 N–H and O–H groups in total. The van der Waals surface area contributed by atoms with Crippen molar-refractivity contribution in [1.82, 2.24) is 4.98 Å². The van der Waals surface area contributed by atoms with E-state index in [0.717, 1.165) is 24.2 Å². The van der Waals surface area contributed by atoms with E-state index in [-0.39, 0.29) is 0 Å². The van der Waals surface area contributed by atoms with Crippen LogP contribution in [0.25, 0.3) is 0 Å². The van der Waals surface area contributed by atoms with E-state index in [1.54, 1.807) is 6.20 Å². The number of nitrogens with zero attached hydrogens (tertiary/aromatic N) is 3. The normalized spacial score (nSPS) is 13.2. The van der Waals surface area contributed by atoms with Crippen LogP contribution in [0.5, 0.6) is 0 Å². The van der Waals surface area contributed by atoms with Crippen molar-refractivity contribution in [2.24, 2.45) is 0 Å². The Labute approximate surface area is 118 Å². The number of hydrogen-bond acceptors (Lipinski definition) is 4. The summed E-state index contributed by atoms with van der Waals surface area (Å²) in [5.74, 6) is 0.328. The molecule has 1 aliphatic rings. The highest BCUT2D eigenvalue weighted by atomic mass is 15.1. The number of aryl methyl sites for hydroxylation is 2. The maximum atomic E-state index is 9.25. The van der Waals surface area contributed by atoms with Gasteiger partial charge in [0.1, 0.15) is 11.9 Å². The van der Waals surface area contributed by atoms with Gasteiger partial charge >= 0.3 is 0 Å². The molecule has 0 saturated heterocycles. The van der Waals surface area contributed by atoms with Gasteiger partial charge in [-0.05, 0) is 42.2 Å². The molecule has 0 unspecified atom stereocenters. The second kappa shape index (κ2) is 4.53. The Morgan fingerprint density at radius 3 is 2.85 bits per heavy atom. The third-order valence-electron chi connectivity index (χ3n) is 3.83. The summed E-state index contributed by atoms with van der Waals surface area (Å²) in [5, 5.41) is 9.25. The van der Waals surface area contributed by atoms with E-state index < -0.39 is 0 Å². The molecular weight excluding hydrogens is 248 g/mol. The lowest BCUT2D eigenvalue weighted by Gasteiger charge is -2.20. The fraction of sp³-hybridized carbons (Fsp3) is 0.250. The quantitative estimate of drug-likeness (QED) is 0.860. The molecule has 1 aromatic carbocycles. The highest BCUT2D eigenvalue weighted by Gasteiger charge is 2.25. The number of benzene rings is 1. The summed E-state index contributed by atoms with van der Waals surface area (Å²) in [6.07, 6.45) is 1.79. The van der Waals surface area contributed by atoms with Crippen LogP contribution in [0.15, 0.2) is 24.4 Å². The maximum Gasteiger partial charge on any atom is 0.141 e. The molecule has 4 nitrogen and oxygen atoms in total. The number of pyridine rings is 1. The molecule has 1 aromatic heterocycles. The molecule has 3 rings (SSSR count). The SMILES string of the molecule is Cc1ccc(C)c(N2Cc3cnc(N)c(C#N)c3C2)c1. The highest BCUT2D eigenvalue weighted by molar-refractivity contribution is 5.63. The predicted molar refractivity (Wildman–Crippen MR) is 79.2 cm³/mol. The molecule has 2 aromatic rings. The second-order valence-corrected chi connectivity index (χ2v) is 5.28. The van der Waals surface area contributed by atoms with Gasteiger partial charge in [-0.25, -0.2) is 4.98 Å². The van der Waals surface area contributed by atoms with E-state index in [1.807, 2.05) is 0 Å². The Hall–Kier alpha value is -2.54. The van der Waals surface area contributed by atoms with E-state index in [1.165, 1.54) is 16.8 Å². The summed E-state index contributed by atoms with van der Waals surface area (Å²) in [7, 11) is 0. The van der Waals surface area contributed by atoms with Crippen molar-refractivity contribution in [3.05, 3.63) is 52.2 Å². The van der Waals surface area contributed by atoms with Crippen LogP contribution in [-0.2, 0) is 13.1 Å². The first-order chi connectivity index (χ1) is 9.60. The summed E-state index contributed by atoms with van der Waals surface area (Å²) in [5.41, 5.74) is 12.1. The zero-order valence-corrected chi connectivity index (χ0v) is 11.6. The lowest BCUT2D eigenvalue weighted by Crippen LogP contribution is -2.16. The van der Waals surface area contributed by atoms with Gasteiger partial charge in [-0.2, -0.15) is 5.26 Å². The number of nitriles is 1. The number of nitrogen functional groups attached to an aromatic ring is 1. The molecule has 0 saturated carbocycles. The van der Waals surface area contributed by atoms with Crippen LogP contribution in [0, 0.1) is 25.2 Å². The topological polar surface area (TPSA) is 65.9 Å². The predicted octanol–water partition coefficient (Wildman–Crippen LogP) is 2.67. The van der Waals surface area contributed by atoms with Crippen molar-refractivity contribution in [3.8, 4) is 6.07 Å². The highest BCUT2D eigenvalue weighted by Crippen LogP contribution is 2.33. The Balaban J connectivity index is 2.03. The molecule has 0 amide bonds. The number of anilines is 2. The fourth-order valence-electron chi connectivity index (χ4n) is 2.73. The Morgan fingerprint density at radius 2 is 2.10 bits per heavy atom. The lowest BCUT2D eigenvalue weighted by molar-refractivity contribution is 0.873. The monoisotopic (exact) mass is 264 g/mol. The Bertz CT molecular complexity index is 728. The van der Waals surface area contributed by atoms with Crippen LogP contribution in [0.3, 0.4) is 0 Å². The molecule has 0 spiro atoms. The first kappa shape index (κ1) is 12.5. The number of hydrogen-bond donors (Lipinski definition) is 1. The largest absolute Gasteiger partial charge is 0.383 e. The molecule has 1 aliphatic heterocycles. The van der Waals surface area contributed by atoms with E-state index in [2.05, 4.69) is 48.0 Å². The van der Waals surface area contributed by atoms with Gasteiger partial charge in [-0.1, -0.05) is 12.1 Å². The Morgan fingerprint density at radius 1 is 1.30 bits per heavy atom. The third kappa shape index (κ3) is 1.88. The van der Waals surface area contributed by atoms with Gasteiger partial charge in [0.05, 0.1) is 5.56 Å². The van der Waals surface area contributed by atoms with Crippen molar-refractivity contribution in [2.75, 3.05) is 10.6 Å². The standard InChI is InChI=1S/C16H16N4/c1-10-3-4-11(2)15(5-10)20-8-12-7-19-16(18)13(6-17)14(12)9-20/h3-5,7H,8-9H2,1-2H3,(H2,18,19). The summed E-state index contributed by atoms with van der Waals surface area (Å²) >= 11 is 0. The molecule has 20 heavy (non-hydrogen) atoms. The van der Waals surface area contributed by atoms with Crippen LogP contribution in [0.1, 0.15) is 27.8 Å². The van der Waals surface area contributed by atoms with Crippen molar-refractivity contribution >= 4 is 11.5 Å². The number of fused-ring (bicyclic) bond motifs is 1. The van der Waals surface area contributed by atoms with Crippen LogP contribution in [0.2, 0.25) is 0 Å². The van der Waals surface area contributed by atoms with E-state index in [9.17, 15) is 5.26 Å². The first-order valence-electron chi connectivity index (χ1n) is 6.58. The first-order valence-corrected chi connectivity index (χ1v) is 6.58. The smallest absolute Gasteiger partial charge is 0.141 e. The number of rotatable bonds is 1. The van der Waals surface area contributed by atoms with Gasteiger partial charge in [0.25, 0.3) is 0 Å². The van der Waals surface area contributed by atoms with Crippen molar-refractivity contribution in [2.45, 2.75) is 26.9 Å². The molecule has 0 bridgehead atoms. The molecular formula is C16H16N4. The Kier molecular flexibility index (Phi) is 2.83. The maximum absolute atomic E-state index is 9.25. The van der Waals surface area contributed by atoms with Gasteiger partial charge < -0.3 is 10.6 Å². The van der Waals surface area contributed by atoms with E-state index >= 15 is 0 Å². The minimum Gasteiger partial charge on any atom is -0.383 e. The molecule has 0 aliphatic carbocycles. The summed E-state index contributed by atoms with van der Waals surface area (Å²) in [6.45, 7) is 5.69. The zero-order chi connectivity index (χ0) is 14.3. The summed E-state index contributed by atoms with van der Waals surface area (Å²) < 4.78 is 0. The van der Waals surface area contributed by atoms with Crippen molar-refractivity contribution in [3.63, 3.8) is 0 Å². The average Bonchev–Trinajstić information content (AvgIpc) is 2.85. The van der Waals surface area contributed by atoms with Gasteiger partial charge in [-0.3, -0.25) is 0 Å². The molecule has 100 valence electrons. The zero-order valence-electron chi connectivity index (χ0n) is 11.6. The average molecular weight is 264 g/mol. The molecule has 0 fully saturated rings. The van der Waals surface area contributed by atoms with Gasteiger partial charge in [0.2, 0.25) is 0 Å². The summed E-state index contributed by atoms with van der Waals surface area (Å²) in [6, 6.07) is 8.61. The van der Waals surface area contributed by atoms with Crippen LogP contribution < -0.4 is 10.6 Å². The fourth-order valence-corrected chi connectivity index (χ4v) is 2.73. The molecule has 4 heteroatoms. The van der Waals surface area contributed by atoms with Crippen LogP contribution in [-0.4, -0.2) is 4.98 Å². The lowest BCUT2D eigenvalue weighted by atomic mass is 10.1. The van der Waals surface area contributed by atoms with Gasteiger partial charge in [0.15, 0.2) is 0 Å². The van der Waals surface area contributed by atoms with Crippen LogP contribution >= 0.6 is 0 Å². The minimum absolute atomic E-state index is 0.328. The summed E-state index contributed by atoms with van der Waals surface area (Å²) in [4.78, 5) is 6.39. The second-order valence-electron chi connectivity index (χ2n) is 5.28. The van der Waals surface area contributed by atoms with Crippen molar-refractivity contribution < 1.29 is 0 Å².